The SMILES string of the molecule is CCOC(OCC)c1ccc(C2Nc3cccc4c(=O)[nH]nc(c34)C2c2ccc(F)cc2)cc1. The maximum atomic E-state index is 13.7. The van der Waals surface area contributed by atoms with Gasteiger partial charge in [-0.05, 0) is 49.2 Å². The number of ether oxygens (including phenoxy) is 2. The van der Waals surface area contributed by atoms with Crippen LogP contribution in [0.3, 0.4) is 0 Å². The first-order valence-electron chi connectivity index (χ1n) is 11.5. The minimum Gasteiger partial charge on any atom is -0.377 e. The number of nitrogens with zero attached hydrogens (tertiary/aromatic N) is 1. The Morgan fingerprint density at radius 3 is 2.29 bits per heavy atom. The van der Waals surface area contributed by atoms with E-state index in [4.69, 9.17) is 9.47 Å². The van der Waals surface area contributed by atoms with Crippen molar-refractivity contribution in [3.8, 4) is 0 Å². The van der Waals surface area contributed by atoms with Crippen LogP contribution in [0.15, 0.2) is 71.5 Å². The quantitative estimate of drug-likeness (QED) is 0.360. The molecule has 0 aliphatic carbocycles. The van der Waals surface area contributed by atoms with Crippen LogP contribution >= 0.6 is 0 Å². The van der Waals surface area contributed by atoms with E-state index in [1.54, 1.807) is 18.2 Å². The number of nitrogens with one attached hydrogen (secondary N) is 2. The molecule has 174 valence electrons. The molecular formula is C27H26FN3O3. The molecule has 0 spiro atoms. The number of anilines is 1. The van der Waals surface area contributed by atoms with Crippen LogP contribution in [0.25, 0.3) is 10.8 Å². The van der Waals surface area contributed by atoms with Crippen molar-refractivity contribution in [1.29, 1.82) is 0 Å². The minimum absolute atomic E-state index is 0.186. The number of aromatic amines is 1. The van der Waals surface area contributed by atoms with Gasteiger partial charge >= 0.3 is 0 Å². The lowest BCUT2D eigenvalue weighted by Crippen LogP contribution is -2.28. The Hall–Kier alpha value is -3.55. The van der Waals surface area contributed by atoms with E-state index in [9.17, 15) is 9.18 Å². The fourth-order valence-electron chi connectivity index (χ4n) is 4.70. The highest BCUT2D eigenvalue weighted by atomic mass is 19.1. The Bertz CT molecular complexity index is 1350. The van der Waals surface area contributed by atoms with Crippen LogP contribution in [-0.2, 0) is 9.47 Å². The van der Waals surface area contributed by atoms with E-state index >= 15 is 0 Å². The van der Waals surface area contributed by atoms with Crippen LogP contribution in [0.2, 0.25) is 0 Å². The molecule has 1 aliphatic heterocycles. The van der Waals surface area contributed by atoms with E-state index in [0.29, 0.717) is 18.6 Å². The number of rotatable bonds is 7. The van der Waals surface area contributed by atoms with Crippen molar-refractivity contribution in [3.63, 3.8) is 0 Å². The number of aromatic nitrogens is 2. The van der Waals surface area contributed by atoms with Crippen molar-refractivity contribution in [1.82, 2.24) is 10.2 Å². The third-order valence-electron chi connectivity index (χ3n) is 6.22. The Morgan fingerprint density at radius 1 is 0.941 bits per heavy atom. The lowest BCUT2D eigenvalue weighted by Gasteiger charge is -2.35. The summed E-state index contributed by atoms with van der Waals surface area (Å²) in [5.41, 5.74) is 4.24. The molecule has 0 radical (unpaired) electrons. The lowest BCUT2D eigenvalue weighted by atomic mass is 9.80. The fourth-order valence-corrected chi connectivity index (χ4v) is 4.70. The molecule has 0 fully saturated rings. The van der Waals surface area contributed by atoms with Gasteiger partial charge in [-0.15, -0.1) is 0 Å². The van der Waals surface area contributed by atoms with Crippen molar-refractivity contribution < 1.29 is 13.9 Å². The monoisotopic (exact) mass is 459 g/mol. The van der Waals surface area contributed by atoms with Gasteiger partial charge < -0.3 is 14.8 Å². The van der Waals surface area contributed by atoms with Gasteiger partial charge in [-0.3, -0.25) is 4.79 Å². The number of benzene rings is 3. The Kier molecular flexibility index (Phi) is 6.13. The van der Waals surface area contributed by atoms with Crippen LogP contribution in [0, 0.1) is 5.82 Å². The van der Waals surface area contributed by atoms with Gasteiger partial charge in [0.1, 0.15) is 5.82 Å². The van der Waals surface area contributed by atoms with E-state index in [0.717, 1.165) is 33.5 Å². The zero-order valence-electron chi connectivity index (χ0n) is 19.0. The third-order valence-corrected chi connectivity index (χ3v) is 6.22. The Morgan fingerprint density at radius 2 is 1.62 bits per heavy atom. The summed E-state index contributed by atoms with van der Waals surface area (Å²) in [5.74, 6) is -0.540. The second-order valence-electron chi connectivity index (χ2n) is 8.23. The normalized spacial score (nSPS) is 17.2. The molecule has 2 heterocycles. The first-order valence-corrected chi connectivity index (χ1v) is 11.5. The second-order valence-corrected chi connectivity index (χ2v) is 8.23. The standard InChI is InChI=1S/C27H26FN3O3/c1-3-33-27(34-4-2)18-10-8-17(9-11-18)24-22(16-12-14-19(28)15-13-16)25-23-20(26(32)31-30-25)6-5-7-21(23)29-24/h5-15,22,24,27,29H,3-4H2,1-2H3,(H,31,32). The summed E-state index contributed by atoms with van der Waals surface area (Å²) in [4.78, 5) is 12.5. The van der Waals surface area contributed by atoms with Gasteiger partial charge in [0, 0.05) is 29.9 Å². The van der Waals surface area contributed by atoms with Crippen LogP contribution in [-0.4, -0.2) is 23.4 Å². The van der Waals surface area contributed by atoms with Gasteiger partial charge in [0.25, 0.3) is 5.56 Å². The summed E-state index contributed by atoms with van der Waals surface area (Å²) in [7, 11) is 0. The predicted molar refractivity (Wildman–Crippen MR) is 129 cm³/mol. The predicted octanol–water partition coefficient (Wildman–Crippen LogP) is 5.43. The Labute approximate surface area is 196 Å². The van der Waals surface area contributed by atoms with Gasteiger partial charge in [-0.25, -0.2) is 9.49 Å². The molecule has 3 aromatic carbocycles. The van der Waals surface area contributed by atoms with E-state index in [-0.39, 0.29) is 23.3 Å². The number of hydrogen-bond acceptors (Lipinski definition) is 5. The van der Waals surface area contributed by atoms with Gasteiger partial charge in [0.15, 0.2) is 6.29 Å². The highest BCUT2D eigenvalue weighted by molar-refractivity contribution is 5.97. The molecule has 5 rings (SSSR count). The van der Waals surface area contributed by atoms with Crippen LogP contribution in [0.4, 0.5) is 10.1 Å². The molecule has 6 nitrogen and oxygen atoms in total. The molecule has 1 aromatic heterocycles. The average Bonchev–Trinajstić information content (AvgIpc) is 2.86. The molecule has 2 unspecified atom stereocenters. The third kappa shape index (κ3) is 3.97. The number of H-pyrrole nitrogens is 1. The minimum atomic E-state index is -0.419. The number of halogens is 1. The topological polar surface area (TPSA) is 76.2 Å². The number of hydrogen-bond donors (Lipinski definition) is 2. The van der Waals surface area contributed by atoms with Crippen molar-refractivity contribution in [2.24, 2.45) is 0 Å². The zero-order chi connectivity index (χ0) is 23.7. The highest BCUT2D eigenvalue weighted by Gasteiger charge is 2.35. The highest BCUT2D eigenvalue weighted by Crippen LogP contribution is 2.46. The van der Waals surface area contributed by atoms with Crippen LogP contribution in [0.5, 0.6) is 0 Å². The molecule has 0 saturated carbocycles. The summed E-state index contributed by atoms with van der Waals surface area (Å²) in [6, 6.07) is 20.0. The molecular weight excluding hydrogens is 433 g/mol. The van der Waals surface area contributed by atoms with Gasteiger partial charge in [-0.2, -0.15) is 5.10 Å². The van der Waals surface area contributed by atoms with Crippen LogP contribution < -0.4 is 10.9 Å². The van der Waals surface area contributed by atoms with E-state index in [2.05, 4.69) is 15.5 Å². The zero-order valence-corrected chi connectivity index (χ0v) is 19.0. The lowest BCUT2D eigenvalue weighted by molar-refractivity contribution is -0.140. The van der Waals surface area contributed by atoms with Crippen LogP contribution in [0.1, 0.15) is 54.5 Å². The second kappa shape index (κ2) is 9.37. The maximum absolute atomic E-state index is 13.7. The molecule has 0 saturated heterocycles. The van der Waals surface area contributed by atoms with Gasteiger partial charge in [0.05, 0.1) is 23.0 Å². The van der Waals surface area contributed by atoms with Gasteiger partial charge in [0.2, 0.25) is 0 Å². The van der Waals surface area contributed by atoms with E-state index in [1.165, 1.54) is 12.1 Å². The van der Waals surface area contributed by atoms with Crippen molar-refractivity contribution in [2.45, 2.75) is 32.1 Å². The molecule has 34 heavy (non-hydrogen) atoms. The molecule has 1 aliphatic rings. The first kappa shape index (κ1) is 22.3. The van der Waals surface area contributed by atoms with Crippen molar-refractivity contribution in [2.75, 3.05) is 18.5 Å². The summed E-state index contributed by atoms with van der Waals surface area (Å²) in [6.07, 6.45) is -0.419. The average molecular weight is 460 g/mol. The molecule has 0 bridgehead atoms. The molecule has 2 atom stereocenters. The largest absolute Gasteiger partial charge is 0.377 e. The van der Waals surface area contributed by atoms with Gasteiger partial charge in [-0.1, -0.05) is 42.5 Å². The van der Waals surface area contributed by atoms with Crippen molar-refractivity contribution >= 4 is 16.5 Å². The summed E-state index contributed by atoms with van der Waals surface area (Å²) in [5, 5.41) is 12.1. The van der Waals surface area contributed by atoms with Crippen molar-refractivity contribution in [3.05, 3.63) is 105 Å². The first-order chi connectivity index (χ1) is 16.6. The molecule has 0 amide bonds. The summed E-state index contributed by atoms with van der Waals surface area (Å²) < 4.78 is 25.2. The summed E-state index contributed by atoms with van der Waals surface area (Å²) in [6.45, 7) is 4.98. The smallest absolute Gasteiger partial charge is 0.272 e. The fraction of sp³-hybridized carbons (Fsp3) is 0.259. The summed E-state index contributed by atoms with van der Waals surface area (Å²) >= 11 is 0. The van der Waals surface area contributed by atoms with E-state index < -0.39 is 6.29 Å². The molecule has 2 N–H and O–H groups in total. The molecule has 7 heteroatoms. The molecule has 4 aromatic rings. The van der Waals surface area contributed by atoms with E-state index in [1.807, 2.05) is 50.2 Å². The Balaban J connectivity index is 1.62. The maximum Gasteiger partial charge on any atom is 0.272 e.